The molecule has 1 heteroatoms. The van der Waals surface area contributed by atoms with Gasteiger partial charge >= 0.3 is 0 Å². The van der Waals surface area contributed by atoms with Crippen LogP contribution in [0.25, 0.3) is 0 Å². The fourth-order valence-corrected chi connectivity index (χ4v) is 5.18. The van der Waals surface area contributed by atoms with Crippen LogP contribution in [0.1, 0.15) is 87.0 Å². The predicted molar refractivity (Wildman–Crippen MR) is 95.7 cm³/mol. The van der Waals surface area contributed by atoms with Crippen molar-refractivity contribution in [2.24, 2.45) is 40.4 Å². The van der Waals surface area contributed by atoms with Crippen molar-refractivity contribution < 1.29 is 5.11 Å². The van der Waals surface area contributed by atoms with Gasteiger partial charge in [-0.15, -0.1) is 0 Å². The minimum absolute atomic E-state index is 0.126. The summed E-state index contributed by atoms with van der Waals surface area (Å²) in [6.07, 6.45) is 8.06. The molecule has 0 aromatic carbocycles. The van der Waals surface area contributed by atoms with E-state index < -0.39 is 0 Å². The Morgan fingerprint density at radius 2 is 1.09 bits per heavy atom. The average Bonchev–Trinajstić information content (AvgIpc) is 2.37. The van der Waals surface area contributed by atoms with Gasteiger partial charge in [0.1, 0.15) is 0 Å². The first-order chi connectivity index (χ1) is 10.00. The Hall–Kier alpha value is -0.0400. The molecule has 0 bridgehead atoms. The Labute approximate surface area is 139 Å². The predicted octanol–water partition coefficient (Wildman–Crippen LogP) is 5.91. The Morgan fingerprint density at radius 3 is 1.45 bits per heavy atom. The monoisotopic (exact) mass is 308 g/mol. The molecule has 2 rings (SSSR count). The molecule has 0 aromatic heterocycles. The van der Waals surface area contributed by atoms with Gasteiger partial charge in [0.25, 0.3) is 0 Å². The Balaban J connectivity index is 2.17. The summed E-state index contributed by atoms with van der Waals surface area (Å²) >= 11 is 0. The number of rotatable bonds is 1. The third-order valence-electron chi connectivity index (χ3n) is 6.89. The second-order valence-electron chi connectivity index (χ2n) is 10.7. The summed E-state index contributed by atoms with van der Waals surface area (Å²) in [7, 11) is 0. The van der Waals surface area contributed by atoms with E-state index >= 15 is 0 Å². The number of aliphatic hydroxyl groups excluding tert-OH is 1. The smallest absolute Gasteiger partial charge is 0.0606 e. The highest BCUT2D eigenvalue weighted by molar-refractivity contribution is 4.97. The van der Waals surface area contributed by atoms with E-state index in [0.29, 0.717) is 11.8 Å². The molecule has 2 unspecified atom stereocenters. The van der Waals surface area contributed by atoms with E-state index in [1.807, 2.05) is 0 Å². The van der Waals surface area contributed by atoms with Crippen molar-refractivity contribution >= 4 is 0 Å². The lowest BCUT2D eigenvalue weighted by atomic mass is 9.56. The van der Waals surface area contributed by atoms with Gasteiger partial charge < -0.3 is 5.11 Å². The van der Waals surface area contributed by atoms with Gasteiger partial charge in [0.15, 0.2) is 0 Å². The maximum absolute atomic E-state index is 11.1. The Morgan fingerprint density at radius 1 is 0.682 bits per heavy atom. The van der Waals surface area contributed by atoms with Gasteiger partial charge in [-0.3, -0.25) is 0 Å². The van der Waals surface area contributed by atoms with E-state index in [9.17, 15) is 5.11 Å². The summed E-state index contributed by atoms with van der Waals surface area (Å²) in [6, 6.07) is 0. The SMILES string of the molecule is CC1CCC(C2CC(C(C)(C)C)C(O)C(C(C)(C)C)C2)CC1. The molecule has 130 valence electrons. The lowest BCUT2D eigenvalue weighted by molar-refractivity contribution is -0.0946. The first-order valence-corrected chi connectivity index (χ1v) is 9.68. The summed E-state index contributed by atoms with van der Waals surface area (Å²) in [6.45, 7) is 16.4. The van der Waals surface area contributed by atoms with E-state index in [2.05, 4.69) is 48.5 Å². The molecule has 2 aliphatic rings. The van der Waals surface area contributed by atoms with Crippen LogP contribution in [-0.2, 0) is 0 Å². The van der Waals surface area contributed by atoms with Crippen LogP contribution in [0.2, 0.25) is 0 Å². The molecule has 0 saturated heterocycles. The molecule has 2 fully saturated rings. The van der Waals surface area contributed by atoms with Crippen LogP contribution in [0.5, 0.6) is 0 Å². The Bertz CT molecular complexity index is 327. The van der Waals surface area contributed by atoms with Crippen molar-refractivity contribution in [2.45, 2.75) is 93.1 Å². The van der Waals surface area contributed by atoms with Gasteiger partial charge in [-0.05, 0) is 66.1 Å². The molecule has 0 heterocycles. The second-order valence-corrected chi connectivity index (χ2v) is 10.7. The molecule has 1 N–H and O–H groups in total. The maximum Gasteiger partial charge on any atom is 0.0606 e. The number of hydrogen-bond acceptors (Lipinski definition) is 1. The highest BCUT2D eigenvalue weighted by Crippen LogP contribution is 2.52. The van der Waals surface area contributed by atoms with Gasteiger partial charge in [-0.1, -0.05) is 61.3 Å². The zero-order valence-electron chi connectivity index (χ0n) is 16.2. The summed E-state index contributed by atoms with van der Waals surface area (Å²) < 4.78 is 0. The van der Waals surface area contributed by atoms with Crippen LogP contribution in [0.3, 0.4) is 0 Å². The van der Waals surface area contributed by atoms with Gasteiger partial charge in [0.2, 0.25) is 0 Å². The standard InChI is InChI=1S/C21H40O/c1-14-8-10-15(11-9-14)16-12-17(20(2,3)4)19(22)18(13-16)21(5,6)7/h14-19,22H,8-13H2,1-7H3. The average molecular weight is 309 g/mol. The first kappa shape index (κ1) is 18.3. The fourth-order valence-electron chi connectivity index (χ4n) is 5.18. The third kappa shape index (κ3) is 4.08. The summed E-state index contributed by atoms with van der Waals surface area (Å²) in [5.74, 6) is 3.59. The summed E-state index contributed by atoms with van der Waals surface area (Å²) in [5, 5.41) is 11.1. The third-order valence-corrected chi connectivity index (χ3v) is 6.89. The minimum atomic E-state index is -0.126. The molecule has 2 atom stereocenters. The minimum Gasteiger partial charge on any atom is -0.393 e. The lowest BCUT2D eigenvalue weighted by Crippen LogP contribution is -2.49. The molecule has 0 aromatic rings. The topological polar surface area (TPSA) is 20.2 Å². The van der Waals surface area contributed by atoms with Crippen LogP contribution in [0.15, 0.2) is 0 Å². The van der Waals surface area contributed by atoms with Gasteiger partial charge in [0.05, 0.1) is 6.10 Å². The number of hydrogen-bond donors (Lipinski definition) is 1. The molecule has 2 saturated carbocycles. The van der Waals surface area contributed by atoms with Crippen LogP contribution in [-0.4, -0.2) is 11.2 Å². The van der Waals surface area contributed by atoms with Crippen molar-refractivity contribution in [3.8, 4) is 0 Å². The lowest BCUT2D eigenvalue weighted by Gasteiger charge is -2.51. The molecule has 2 aliphatic carbocycles. The van der Waals surface area contributed by atoms with Crippen LogP contribution in [0, 0.1) is 40.4 Å². The molecule has 0 radical (unpaired) electrons. The molecule has 1 nitrogen and oxygen atoms in total. The van der Waals surface area contributed by atoms with Gasteiger partial charge in [-0.2, -0.15) is 0 Å². The number of aliphatic hydroxyl groups is 1. The van der Waals surface area contributed by atoms with E-state index in [1.54, 1.807) is 0 Å². The zero-order valence-corrected chi connectivity index (χ0v) is 16.2. The highest BCUT2D eigenvalue weighted by atomic mass is 16.3. The quantitative estimate of drug-likeness (QED) is 0.638. The second kappa shape index (κ2) is 6.46. The molecule has 0 spiro atoms. The Kier molecular flexibility index (Phi) is 5.37. The molecular weight excluding hydrogens is 268 g/mol. The molecule has 22 heavy (non-hydrogen) atoms. The van der Waals surface area contributed by atoms with E-state index in [0.717, 1.165) is 17.8 Å². The van der Waals surface area contributed by atoms with Gasteiger partial charge in [0, 0.05) is 0 Å². The van der Waals surface area contributed by atoms with Crippen molar-refractivity contribution in [3.05, 3.63) is 0 Å². The van der Waals surface area contributed by atoms with Crippen LogP contribution in [0.4, 0.5) is 0 Å². The molecule has 0 amide bonds. The van der Waals surface area contributed by atoms with Crippen molar-refractivity contribution in [2.75, 3.05) is 0 Å². The molecule has 0 aliphatic heterocycles. The van der Waals surface area contributed by atoms with Crippen molar-refractivity contribution in [1.82, 2.24) is 0 Å². The largest absolute Gasteiger partial charge is 0.393 e. The normalized spacial score (nSPS) is 41.5. The van der Waals surface area contributed by atoms with E-state index in [4.69, 9.17) is 0 Å². The fraction of sp³-hybridized carbons (Fsp3) is 1.00. The van der Waals surface area contributed by atoms with E-state index in [1.165, 1.54) is 38.5 Å². The van der Waals surface area contributed by atoms with Crippen LogP contribution >= 0.6 is 0 Å². The van der Waals surface area contributed by atoms with Crippen molar-refractivity contribution in [1.29, 1.82) is 0 Å². The zero-order chi connectivity index (χ0) is 16.7. The summed E-state index contributed by atoms with van der Waals surface area (Å²) in [4.78, 5) is 0. The van der Waals surface area contributed by atoms with Gasteiger partial charge in [-0.25, -0.2) is 0 Å². The highest BCUT2D eigenvalue weighted by Gasteiger charge is 2.47. The van der Waals surface area contributed by atoms with Crippen LogP contribution < -0.4 is 0 Å². The first-order valence-electron chi connectivity index (χ1n) is 9.68. The van der Waals surface area contributed by atoms with E-state index in [-0.39, 0.29) is 16.9 Å². The molecular formula is C21H40O. The van der Waals surface area contributed by atoms with Crippen molar-refractivity contribution in [3.63, 3.8) is 0 Å². The summed E-state index contributed by atoms with van der Waals surface area (Å²) in [5.41, 5.74) is 0.424. The maximum atomic E-state index is 11.1.